The lowest BCUT2D eigenvalue weighted by atomic mass is 9.96. The lowest BCUT2D eigenvalue weighted by Crippen LogP contribution is -2.32. The number of nitrogens with zero attached hydrogens (tertiary/aromatic N) is 4. The van der Waals surface area contributed by atoms with Crippen molar-refractivity contribution >= 4 is 44.3 Å². The van der Waals surface area contributed by atoms with Crippen LogP contribution in [0, 0.1) is 5.92 Å². The smallest absolute Gasteiger partial charge is 0.252 e. The van der Waals surface area contributed by atoms with E-state index < -0.39 is 0 Å². The van der Waals surface area contributed by atoms with Crippen molar-refractivity contribution in [3.63, 3.8) is 0 Å². The maximum Gasteiger partial charge on any atom is 0.252 e. The van der Waals surface area contributed by atoms with Gasteiger partial charge in [-0.2, -0.15) is 5.10 Å². The number of fused-ring (bicyclic) bond motifs is 3. The molecule has 0 aliphatic carbocycles. The fraction of sp³-hybridized carbons (Fsp3) is 0.306. The number of amides is 1. The maximum atomic E-state index is 13.7. The zero-order chi connectivity index (χ0) is 29.5. The average Bonchev–Trinajstić information content (AvgIpc) is 3.65. The summed E-state index contributed by atoms with van der Waals surface area (Å²) >= 11 is 0. The van der Waals surface area contributed by atoms with Crippen molar-refractivity contribution in [2.75, 3.05) is 24.5 Å². The highest BCUT2D eigenvalue weighted by atomic mass is 16.1. The Morgan fingerprint density at radius 2 is 1.84 bits per heavy atom. The Labute approximate surface area is 251 Å². The number of piperidine rings is 1. The van der Waals surface area contributed by atoms with Crippen LogP contribution >= 0.6 is 0 Å². The molecule has 218 valence electrons. The molecule has 2 N–H and O–H groups in total. The lowest BCUT2D eigenvalue weighted by Gasteiger charge is -2.32. The molecule has 0 atom stereocenters. The summed E-state index contributed by atoms with van der Waals surface area (Å²) in [6, 6.07) is 21.2. The number of hydrogen-bond donors (Lipinski definition) is 2. The minimum atomic E-state index is -0.0875. The molecule has 1 aliphatic heterocycles. The summed E-state index contributed by atoms with van der Waals surface area (Å²) in [5.74, 6) is 0.695. The number of carbonyl (C=O) groups is 1. The standard InChI is InChI=1S/C36H38N6O/c1-23(2)42-35-20-27(25-8-9-29-33(19-25)37-15-11-34(29)41-16-12-24(3)13-17-41)18-30(31(35)22-40-42)36(43)38-14-10-26-21-39-32-7-5-4-6-28(26)32/h4-9,11,15,18-24,39H,10,12-14,16-17H2,1-3H3,(H,38,43). The number of aromatic nitrogens is 4. The molecule has 6 aromatic rings. The Balaban J connectivity index is 1.21. The summed E-state index contributed by atoms with van der Waals surface area (Å²) in [5.41, 5.74) is 8.16. The molecule has 0 spiro atoms. The first-order valence-electron chi connectivity index (χ1n) is 15.4. The van der Waals surface area contributed by atoms with Crippen molar-refractivity contribution in [3.05, 3.63) is 90.4 Å². The summed E-state index contributed by atoms with van der Waals surface area (Å²) in [6.45, 7) is 9.27. The normalized spacial score (nSPS) is 14.4. The van der Waals surface area contributed by atoms with Gasteiger partial charge in [-0.1, -0.05) is 37.3 Å². The molecule has 43 heavy (non-hydrogen) atoms. The molecule has 0 radical (unpaired) electrons. The predicted molar refractivity (Wildman–Crippen MR) is 176 cm³/mol. The second kappa shape index (κ2) is 11.2. The van der Waals surface area contributed by atoms with Crippen LogP contribution in [-0.4, -0.2) is 45.3 Å². The van der Waals surface area contributed by atoms with Crippen LogP contribution in [0.15, 0.2) is 79.3 Å². The fourth-order valence-corrected chi connectivity index (χ4v) is 6.49. The van der Waals surface area contributed by atoms with Crippen LogP contribution < -0.4 is 10.2 Å². The first-order valence-corrected chi connectivity index (χ1v) is 15.4. The van der Waals surface area contributed by atoms with Gasteiger partial charge in [0.1, 0.15) is 0 Å². The van der Waals surface area contributed by atoms with E-state index in [-0.39, 0.29) is 11.9 Å². The molecule has 7 rings (SSSR count). The third-order valence-corrected chi connectivity index (χ3v) is 8.98. The first kappa shape index (κ1) is 27.2. The number of H-pyrrole nitrogens is 1. The average molecular weight is 571 g/mol. The summed E-state index contributed by atoms with van der Waals surface area (Å²) in [5, 5.41) is 11.1. The van der Waals surface area contributed by atoms with Crippen molar-refractivity contribution in [2.24, 2.45) is 5.92 Å². The predicted octanol–water partition coefficient (Wildman–Crippen LogP) is 7.52. The van der Waals surface area contributed by atoms with E-state index in [0.717, 1.165) is 58.5 Å². The van der Waals surface area contributed by atoms with Crippen molar-refractivity contribution in [2.45, 2.75) is 46.1 Å². The van der Waals surface area contributed by atoms with Crippen molar-refractivity contribution < 1.29 is 4.79 Å². The molecule has 0 unspecified atom stereocenters. The molecule has 1 amide bonds. The second-order valence-electron chi connectivity index (χ2n) is 12.2. The van der Waals surface area contributed by atoms with E-state index in [2.05, 4.69) is 83.5 Å². The van der Waals surface area contributed by atoms with Crippen molar-refractivity contribution in [1.29, 1.82) is 0 Å². The van der Waals surface area contributed by atoms with E-state index in [1.807, 2.05) is 41.5 Å². The molecular formula is C36H38N6O. The number of nitrogens with one attached hydrogen (secondary N) is 2. The summed E-state index contributed by atoms with van der Waals surface area (Å²) < 4.78 is 2.00. The third-order valence-electron chi connectivity index (χ3n) is 8.98. The van der Waals surface area contributed by atoms with E-state index >= 15 is 0 Å². The maximum absolute atomic E-state index is 13.7. The monoisotopic (exact) mass is 570 g/mol. The van der Waals surface area contributed by atoms with E-state index in [0.29, 0.717) is 12.1 Å². The van der Waals surface area contributed by atoms with Gasteiger partial charge in [-0.15, -0.1) is 0 Å². The second-order valence-corrected chi connectivity index (χ2v) is 12.2. The molecule has 0 saturated carbocycles. The highest BCUT2D eigenvalue weighted by Crippen LogP contribution is 2.34. The zero-order valence-electron chi connectivity index (χ0n) is 25.1. The van der Waals surface area contributed by atoms with Crippen molar-refractivity contribution in [1.82, 2.24) is 25.1 Å². The Hall–Kier alpha value is -4.65. The highest BCUT2D eigenvalue weighted by molar-refractivity contribution is 6.08. The molecular weight excluding hydrogens is 532 g/mol. The number of benzene rings is 3. The molecule has 1 aliphatic rings. The van der Waals surface area contributed by atoms with Gasteiger partial charge >= 0.3 is 0 Å². The Morgan fingerprint density at radius 3 is 2.67 bits per heavy atom. The van der Waals surface area contributed by atoms with E-state index in [1.54, 1.807) is 0 Å². The number of anilines is 1. The van der Waals surface area contributed by atoms with Crippen LogP contribution in [0.4, 0.5) is 5.69 Å². The minimum absolute atomic E-state index is 0.0875. The molecule has 3 aromatic carbocycles. The number of rotatable bonds is 7. The van der Waals surface area contributed by atoms with Crippen LogP contribution in [-0.2, 0) is 6.42 Å². The topological polar surface area (TPSA) is 78.8 Å². The minimum Gasteiger partial charge on any atom is -0.371 e. The van der Waals surface area contributed by atoms with Crippen LogP contribution in [0.1, 0.15) is 55.6 Å². The SMILES string of the molecule is CC1CCN(c2ccnc3cc(-c4cc(C(=O)NCCc5c[nH]c6ccccc56)c5cnn(C(C)C)c5c4)ccc23)CC1. The molecule has 1 fully saturated rings. The van der Waals surface area contributed by atoms with Gasteiger partial charge in [-0.05, 0) is 86.1 Å². The first-order chi connectivity index (χ1) is 21.0. The number of pyridine rings is 1. The lowest BCUT2D eigenvalue weighted by molar-refractivity contribution is 0.0956. The van der Waals surface area contributed by atoms with E-state index in [1.165, 1.54) is 34.9 Å². The van der Waals surface area contributed by atoms with Crippen molar-refractivity contribution in [3.8, 4) is 11.1 Å². The van der Waals surface area contributed by atoms with Crippen LogP contribution in [0.3, 0.4) is 0 Å². The summed E-state index contributed by atoms with van der Waals surface area (Å²) in [4.78, 5) is 24.3. The molecule has 3 aromatic heterocycles. The number of hydrogen-bond acceptors (Lipinski definition) is 4. The van der Waals surface area contributed by atoms with Crippen LogP contribution in [0.2, 0.25) is 0 Å². The van der Waals surface area contributed by atoms with Gasteiger partial charge in [0.15, 0.2) is 0 Å². The molecule has 4 heterocycles. The zero-order valence-corrected chi connectivity index (χ0v) is 25.1. The largest absolute Gasteiger partial charge is 0.371 e. The summed E-state index contributed by atoms with van der Waals surface area (Å²) in [6.07, 6.45) is 8.96. The van der Waals surface area contributed by atoms with Crippen LogP contribution in [0.25, 0.3) is 43.8 Å². The van der Waals surface area contributed by atoms with E-state index in [4.69, 9.17) is 4.98 Å². The van der Waals surface area contributed by atoms with Gasteiger partial charge in [0.25, 0.3) is 5.91 Å². The van der Waals surface area contributed by atoms with E-state index in [9.17, 15) is 4.79 Å². The van der Waals surface area contributed by atoms with Gasteiger partial charge in [0.05, 0.1) is 22.8 Å². The third kappa shape index (κ3) is 5.13. The quantitative estimate of drug-likeness (QED) is 0.208. The number of para-hydroxylation sites is 1. The highest BCUT2D eigenvalue weighted by Gasteiger charge is 2.20. The van der Waals surface area contributed by atoms with Gasteiger partial charge in [0.2, 0.25) is 0 Å². The van der Waals surface area contributed by atoms with Gasteiger partial charge in [-0.3, -0.25) is 14.5 Å². The van der Waals surface area contributed by atoms with Gasteiger partial charge < -0.3 is 15.2 Å². The summed E-state index contributed by atoms with van der Waals surface area (Å²) in [7, 11) is 0. The van der Waals surface area contributed by atoms with Gasteiger partial charge in [0, 0.05) is 65.4 Å². The molecule has 1 saturated heterocycles. The van der Waals surface area contributed by atoms with Crippen LogP contribution in [0.5, 0.6) is 0 Å². The Morgan fingerprint density at radius 1 is 1.00 bits per heavy atom. The fourth-order valence-electron chi connectivity index (χ4n) is 6.49. The number of carbonyl (C=O) groups excluding carboxylic acids is 1. The number of aromatic amines is 1. The molecule has 0 bridgehead atoms. The molecule has 7 heteroatoms. The Kier molecular flexibility index (Phi) is 7.09. The van der Waals surface area contributed by atoms with Gasteiger partial charge in [-0.25, -0.2) is 0 Å². The molecule has 7 nitrogen and oxygen atoms in total. The Bertz CT molecular complexity index is 1940.